The van der Waals surface area contributed by atoms with Crippen LogP contribution in [0.5, 0.6) is 0 Å². The highest BCUT2D eigenvalue weighted by Crippen LogP contribution is 2.21. The number of aromatic nitrogens is 4. The van der Waals surface area contributed by atoms with Crippen LogP contribution in [0.1, 0.15) is 43.3 Å². The molecule has 0 bridgehead atoms. The summed E-state index contributed by atoms with van der Waals surface area (Å²) in [5, 5.41) is 18.2. The molecule has 0 aromatic carbocycles. The molecule has 2 heterocycles. The van der Waals surface area contributed by atoms with Crippen LogP contribution in [-0.2, 0) is 6.54 Å². The third-order valence-corrected chi connectivity index (χ3v) is 3.89. The maximum Gasteiger partial charge on any atom is 0.232 e. The molecule has 18 heavy (non-hydrogen) atoms. The maximum atomic E-state index is 4.51. The fourth-order valence-electron chi connectivity index (χ4n) is 1.68. The Morgan fingerprint density at radius 2 is 2.28 bits per heavy atom. The number of nitrogens with one attached hydrogen (secondary N) is 1. The molecule has 1 N–H and O–H groups in total. The van der Waals surface area contributed by atoms with Crippen LogP contribution < -0.4 is 5.32 Å². The summed E-state index contributed by atoms with van der Waals surface area (Å²) in [4.78, 5) is 0. The van der Waals surface area contributed by atoms with Crippen molar-refractivity contribution in [3.63, 3.8) is 0 Å². The van der Waals surface area contributed by atoms with Crippen molar-refractivity contribution in [1.82, 2.24) is 25.3 Å². The lowest BCUT2D eigenvalue weighted by molar-refractivity contribution is 0.677. The van der Waals surface area contributed by atoms with E-state index < -0.39 is 0 Å². The molecule has 0 saturated heterocycles. The summed E-state index contributed by atoms with van der Waals surface area (Å²) < 4.78 is 1.81. The van der Waals surface area contributed by atoms with Gasteiger partial charge in [-0.2, -0.15) is 5.10 Å². The Kier molecular flexibility index (Phi) is 3.13. The predicted molar refractivity (Wildman–Crippen MR) is 71.0 cm³/mol. The Labute approximate surface area is 110 Å². The number of rotatable bonds is 5. The van der Waals surface area contributed by atoms with Gasteiger partial charge < -0.3 is 5.32 Å². The van der Waals surface area contributed by atoms with E-state index in [0.717, 1.165) is 22.4 Å². The molecule has 1 aliphatic rings. The van der Waals surface area contributed by atoms with Crippen molar-refractivity contribution >= 4 is 11.3 Å². The average molecular weight is 263 g/mol. The summed E-state index contributed by atoms with van der Waals surface area (Å²) in [6.07, 6.45) is 4.54. The molecule has 0 amide bonds. The van der Waals surface area contributed by atoms with Gasteiger partial charge in [0, 0.05) is 12.2 Å². The van der Waals surface area contributed by atoms with Crippen LogP contribution in [-0.4, -0.2) is 26.0 Å². The van der Waals surface area contributed by atoms with E-state index in [1.165, 1.54) is 12.8 Å². The minimum Gasteiger partial charge on any atom is -0.308 e. The first-order chi connectivity index (χ1) is 8.72. The number of nitrogens with zero attached hydrogens (tertiary/aromatic N) is 4. The topological polar surface area (TPSA) is 55.6 Å². The van der Waals surface area contributed by atoms with Crippen LogP contribution in [0, 0.1) is 0 Å². The Morgan fingerprint density at radius 1 is 1.44 bits per heavy atom. The SMILES string of the molecule is CC(C)c1ccn(-c2nnc(CNC3CC3)s2)n1. The Morgan fingerprint density at radius 3 is 2.94 bits per heavy atom. The van der Waals surface area contributed by atoms with Crippen LogP contribution >= 0.6 is 11.3 Å². The second-order valence-corrected chi connectivity index (χ2v) is 6.01. The average Bonchev–Trinajstić information content (AvgIpc) is 2.88. The van der Waals surface area contributed by atoms with Gasteiger partial charge >= 0.3 is 0 Å². The van der Waals surface area contributed by atoms with Gasteiger partial charge in [-0.1, -0.05) is 25.2 Å². The molecule has 5 nitrogen and oxygen atoms in total. The highest BCUT2D eigenvalue weighted by atomic mass is 32.1. The van der Waals surface area contributed by atoms with Gasteiger partial charge in [0.15, 0.2) is 0 Å². The quantitative estimate of drug-likeness (QED) is 0.897. The normalized spacial score (nSPS) is 15.5. The molecule has 1 saturated carbocycles. The molecule has 0 aliphatic heterocycles. The molecule has 1 aliphatic carbocycles. The molecule has 0 spiro atoms. The van der Waals surface area contributed by atoms with Gasteiger partial charge in [-0.05, 0) is 24.8 Å². The zero-order chi connectivity index (χ0) is 12.5. The Bertz CT molecular complexity index is 526. The summed E-state index contributed by atoms with van der Waals surface area (Å²) in [7, 11) is 0. The zero-order valence-corrected chi connectivity index (χ0v) is 11.4. The molecule has 2 aromatic rings. The lowest BCUT2D eigenvalue weighted by atomic mass is 10.1. The van der Waals surface area contributed by atoms with Gasteiger partial charge in [-0.15, -0.1) is 10.2 Å². The van der Waals surface area contributed by atoms with Gasteiger partial charge in [-0.3, -0.25) is 0 Å². The Hall–Kier alpha value is -1.27. The molecule has 0 radical (unpaired) electrons. The van der Waals surface area contributed by atoms with Gasteiger partial charge in [0.2, 0.25) is 5.13 Å². The molecule has 1 fully saturated rings. The predicted octanol–water partition coefficient (Wildman–Crippen LogP) is 2.10. The van der Waals surface area contributed by atoms with E-state index in [-0.39, 0.29) is 0 Å². The zero-order valence-electron chi connectivity index (χ0n) is 10.6. The molecule has 6 heteroatoms. The van der Waals surface area contributed by atoms with Gasteiger partial charge in [-0.25, -0.2) is 4.68 Å². The first kappa shape index (κ1) is 11.8. The van der Waals surface area contributed by atoms with Crippen molar-refractivity contribution < 1.29 is 0 Å². The van der Waals surface area contributed by atoms with Crippen LogP contribution in [0.3, 0.4) is 0 Å². The third-order valence-electron chi connectivity index (χ3n) is 2.97. The first-order valence-corrected chi connectivity index (χ1v) is 7.16. The standard InChI is InChI=1S/C12H17N5S/c1-8(2)10-5-6-17(16-10)12-15-14-11(18-12)7-13-9-3-4-9/h5-6,8-9,13H,3-4,7H2,1-2H3. The first-order valence-electron chi connectivity index (χ1n) is 6.34. The number of hydrogen-bond donors (Lipinski definition) is 1. The molecule has 96 valence electrons. The van der Waals surface area contributed by atoms with Crippen molar-refractivity contribution in [1.29, 1.82) is 0 Å². The van der Waals surface area contributed by atoms with Crippen LogP contribution in [0.4, 0.5) is 0 Å². The van der Waals surface area contributed by atoms with Crippen molar-refractivity contribution in [2.75, 3.05) is 0 Å². The largest absolute Gasteiger partial charge is 0.308 e. The van der Waals surface area contributed by atoms with Crippen molar-refractivity contribution in [2.45, 2.75) is 45.2 Å². The van der Waals surface area contributed by atoms with Gasteiger partial charge in [0.1, 0.15) is 5.01 Å². The molecule has 3 rings (SSSR count). The second-order valence-electron chi connectivity index (χ2n) is 4.97. The summed E-state index contributed by atoms with van der Waals surface area (Å²) in [6.45, 7) is 5.09. The van der Waals surface area contributed by atoms with Gasteiger partial charge in [0.25, 0.3) is 0 Å². The van der Waals surface area contributed by atoms with E-state index in [9.17, 15) is 0 Å². The highest BCUT2D eigenvalue weighted by molar-refractivity contribution is 7.13. The lowest BCUT2D eigenvalue weighted by Crippen LogP contribution is -2.14. The summed E-state index contributed by atoms with van der Waals surface area (Å²) >= 11 is 1.60. The van der Waals surface area contributed by atoms with E-state index in [1.54, 1.807) is 11.3 Å². The Balaban J connectivity index is 1.70. The van der Waals surface area contributed by atoms with E-state index in [4.69, 9.17) is 0 Å². The maximum absolute atomic E-state index is 4.51. The highest BCUT2D eigenvalue weighted by Gasteiger charge is 2.20. The summed E-state index contributed by atoms with van der Waals surface area (Å²) in [5.74, 6) is 0.440. The lowest BCUT2D eigenvalue weighted by Gasteiger charge is -1.97. The third kappa shape index (κ3) is 2.59. The molecular weight excluding hydrogens is 246 g/mol. The molecule has 0 atom stereocenters. The van der Waals surface area contributed by atoms with Crippen LogP contribution in [0.2, 0.25) is 0 Å². The van der Waals surface area contributed by atoms with Crippen LogP contribution in [0.25, 0.3) is 5.13 Å². The molecule has 2 aromatic heterocycles. The summed E-state index contributed by atoms with van der Waals surface area (Å²) in [6, 6.07) is 2.74. The van der Waals surface area contributed by atoms with E-state index in [1.807, 2.05) is 16.9 Å². The minimum atomic E-state index is 0.440. The van der Waals surface area contributed by atoms with Crippen molar-refractivity contribution in [2.24, 2.45) is 0 Å². The fourth-order valence-corrected chi connectivity index (χ4v) is 2.41. The van der Waals surface area contributed by atoms with E-state index in [2.05, 4.69) is 34.5 Å². The minimum absolute atomic E-state index is 0.440. The van der Waals surface area contributed by atoms with Crippen LogP contribution in [0.15, 0.2) is 12.3 Å². The fraction of sp³-hybridized carbons (Fsp3) is 0.583. The van der Waals surface area contributed by atoms with Crippen molar-refractivity contribution in [3.05, 3.63) is 23.0 Å². The summed E-state index contributed by atoms with van der Waals surface area (Å²) in [5.41, 5.74) is 1.09. The second kappa shape index (κ2) is 4.78. The molecule has 0 unspecified atom stereocenters. The van der Waals surface area contributed by atoms with E-state index >= 15 is 0 Å². The molecular formula is C12H17N5S. The van der Waals surface area contributed by atoms with E-state index in [0.29, 0.717) is 12.0 Å². The van der Waals surface area contributed by atoms with Gasteiger partial charge in [0.05, 0.1) is 12.2 Å². The number of hydrogen-bond acceptors (Lipinski definition) is 5. The van der Waals surface area contributed by atoms with Crippen molar-refractivity contribution in [3.8, 4) is 5.13 Å². The monoisotopic (exact) mass is 263 g/mol. The smallest absolute Gasteiger partial charge is 0.232 e.